The second-order valence-corrected chi connectivity index (χ2v) is 11.4. The maximum absolute atomic E-state index is 12.2. The Morgan fingerprint density at radius 1 is 0.974 bits per heavy atom. The van der Waals surface area contributed by atoms with Crippen molar-refractivity contribution in [3.63, 3.8) is 0 Å². The molecule has 1 saturated carbocycles. The topological polar surface area (TPSA) is 77.2 Å². The lowest BCUT2D eigenvalue weighted by atomic mass is 9.78. The average Bonchev–Trinajstić information content (AvgIpc) is 3.30. The van der Waals surface area contributed by atoms with Gasteiger partial charge in [0.15, 0.2) is 0 Å². The number of carbonyl (C=O) groups is 1. The summed E-state index contributed by atoms with van der Waals surface area (Å²) in [5, 5.41) is 11.7. The van der Waals surface area contributed by atoms with Crippen molar-refractivity contribution < 1.29 is 14.6 Å². The minimum Gasteiger partial charge on any atom is -0.487 e. The summed E-state index contributed by atoms with van der Waals surface area (Å²) < 4.78 is 9.33. The third-order valence-electron chi connectivity index (χ3n) is 7.51. The van der Waals surface area contributed by atoms with E-state index in [0.717, 1.165) is 62.8 Å². The third-order valence-corrected chi connectivity index (χ3v) is 8.28. The molecule has 1 aliphatic rings. The van der Waals surface area contributed by atoms with Gasteiger partial charge in [-0.15, -0.1) is 0 Å². The Balaban J connectivity index is 1.32. The van der Waals surface area contributed by atoms with E-state index in [2.05, 4.69) is 37.6 Å². The normalized spacial score (nSPS) is 17.5. The standard InChI is InChI=1S/C31H27BrClN3O3/c32-21-8-5-19(6-9-21)17-36-29-14-12-24(39-18-23-11-7-20-15-22(33)10-13-27(20)34-23)16-28(29)35-30(36)25-3-1-2-4-26(25)31(37)38/h5-16,25-26H,1-4,17-18H2,(H,37,38). The molecule has 3 aromatic carbocycles. The highest BCUT2D eigenvalue weighted by Crippen LogP contribution is 2.39. The van der Waals surface area contributed by atoms with Crippen LogP contribution in [0.3, 0.4) is 0 Å². The Hall–Kier alpha value is -3.42. The first kappa shape index (κ1) is 25.8. The van der Waals surface area contributed by atoms with Crippen LogP contribution in [0.5, 0.6) is 5.75 Å². The van der Waals surface area contributed by atoms with E-state index in [4.69, 9.17) is 21.3 Å². The molecule has 0 saturated heterocycles. The molecule has 2 unspecified atom stereocenters. The summed E-state index contributed by atoms with van der Waals surface area (Å²) in [6.45, 7) is 0.938. The van der Waals surface area contributed by atoms with E-state index in [1.807, 2.05) is 60.7 Å². The molecule has 1 fully saturated rings. The predicted molar refractivity (Wildman–Crippen MR) is 156 cm³/mol. The van der Waals surface area contributed by atoms with Gasteiger partial charge in [0.2, 0.25) is 0 Å². The van der Waals surface area contributed by atoms with Crippen LogP contribution >= 0.6 is 27.5 Å². The quantitative estimate of drug-likeness (QED) is 0.204. The van der Waals surface area contributed by atoms with Crippen molar-refractivity contribution in [2.75, 3.05) is 0 Å². The van der Waals surface area contributed by atoms with E-state index in [0.29, 0.717) is 30.3 Å². The summed E-state index contributed by atoms with van der Waals surface area (Å²) in [6, 6.07) is 23.7. The van der Waals surface area contributed by atoms with Crippen molar-refractivity contribution in [1.82, 2.24) is 14.5 Å². The van der Waals surface area contributed by atoms with Gasteiger partial charge in [-0.25, -0.2) is 9.97 Å². The Bertz CT molecular complexity index is 1670. The van der Waals surface area contributed by atoms with Crippen LogP contribution in [-0.2, 0) is 17.9 Å². The summed E-state index contributed by atoms with van der Waals surface area (Å²) in [5.41, 5.74) is 4.59. The largest absolute Gasteiger partial charge is 0.487 e. The monoisotopic (exact) mass is 603 g/mol. The van der Waals surface area contributed by atoms with Gasteiger partial charge in [-0.1, -0.05) is 58.6 Å². The van der Waals surface area contributed by atoms with Crippen LogP contribution in [0.25, 0.3) is 21.9 Å². The van der Waals surface area contributed by atoms with Crippen molar-refractivity contribution in [3.05, 3.63) is 99.4 Å². The minimum absolute atomic E-state index is 0.126. The fourth-order valence-corrected chi connectivity index (χ4v) is 6.00. The van der Waals surface area contributed by atoms with Crippen molar-refractivity contribution in [2.45, 2.75) is 44.8 Å². The van der Waals surface area contributed by atoms with E-state index >= 15 is 0 Å². The van der Waals surface area contributed by atoms with Gasteiger partial charge < -0.3 is 14.4 Å². The molecule has 1 aliphatic carbocycles. The summed E-state index contributed by atoms with van der Waals surface area (Å²) in [6.07, 6.45) is 3.45. The molecule has 2 aromatic heterocycles. The number of halogens is 2. The van der Waals surface area contributed by atoms with Gasteiger partial charge in [-0.2, -0.15) is 0 Å². The predicted octanol–water partition coefficient (Wildman–Crippen LogP) is 7.99. The average molecular weight is 605 g/mol. The van der Waals surface area contributed by atoms with Gasteiger partial charge in [0.1, 0.15) is 18.2 Å². The van der Waals surface area contributed by atoms with Crippen molar-refractivity contribution in [3.8, 4) is 5.75 Å². The van der Waals surface area contributed by atoms with Crippen molar-refractivity contribution in [2.24, 2.45) is 5.92 Å². The van der Waals surface area contributed by atoms with Crippen LogP contribution in [0.4, 0.5) is 0 Å². The highest BCUT2D eigenvalue weighted by Gasteiger charge is 2.35. The Morgan fingerprint density at radius 3 is 2.62 bits per heavy atom. The SMILES string of the molecule is O=C(O)C1CCCCC1c1nc2cc(OCc3ccc4cc(Cl)ccc4n3)ccc2n1Cc1ccc(Br)cc1. The lowest BCUT2D eigenvalue weighted by molar-refractivity contribution is -0.143. The molecule has 0 aliphatic heterocycles. The number of carboxylic acid groups (broad SMARTS) is 1. The Labute approximate surface area is 239 Å². The first-order chi connectivity index (χ1) is 18.9. The zero-order valence-electron chi connectivity index (χ0n) is 21.2. The van der Waals surface area contributed by atoms with Gasteiger partial charge >= 0.3 is 5.97 Å². The number of ether oxygens (including phenoxy) is 1. The third kappa shape index (κ3) is 5.52. The molecule has 0 bridgehead atoms. The zero-order valence-corrected chi connectivity index (χ0v) is 23.5. The second kappa shape index (κ2) is 11.0. The van der Waals surface area contributed by atoms with Gasteiger partial charge in [0.25, 0.3) is 0 Å². The van der Waals surface area contributed by atoms with Gasteiger partial charge in [0.05, 0.1) is 28.2 Å². The molecule has 2 atom stereocenters. The first-order valence-electron chi connectivity index (χ1n) is 13.1. The fraction of sp³-hybridized carbons (Fsp3) is 0.258. The highest BCUT2D eigenvalue weighted by atomic mass is 79.9. The summed E-state index contributed by atoms with van der Waals surface area (Å²) in [5.74, 6) is 0.240. The van der Waals surface area contributed by atoms with E-state index in [1.165, 1.54) is 0 Å². The second-order valence-electron chi connectivity index (χ2n) is 10.1. The first-order valence-corrected chi connectivity index (χ1v) is 14.3. The lowest BCUT2D eigenvalue weighted by Crippen LogP contribution is -2.27. The maximum Gasteiger partial charge on any atom is 0.307 e. The number of rotatable bonds is 7. The molecule has 8 heteroatoms. The zero-order chi connectivity index (χ0) is 26.9. The molecule has 0 amide bonds. The molecule has 6 rings (SSSR count). The number of aliphatic carboxylic acids is 1. The van der Waals surface area contributed by atoms with Crippen LogP contribution in [0.2, 0.25) is 5.02 Å². The van der Waals surface area contributed by atoms with E-state index in [9.17, 15) is 9.90 Å². The van der Waals surface area contributed by atoms with Crippen LogP contribution in [-0.4, -0.2) is 25.6 Å². The Morgan fingerprint density at radius 2 is 1.79 bits per heavy atom. The van der Waals surface area contributed by atoms with Gasteiger partial charge in [0, 0.05) is 33.4 Å². The molecule has 39 heavy (non-hydrogen) atoms. The van der Waals surface area contributed by atoms with Crippen molar-refractivity contribution >= 4 is 55.4 Å². The molecule has 5 aromatic rings. The number of carboxylic acids is 1. The van der Waals surface area contributed by atoms with Crippen molar-refractivity contribution in [1.29, 1.82) is 0 Å². The lowest BCUT2D eigenvalue weighted by Gasteiger charge is -2.28. The van der Waals surface area contributed by atoms with E-state index < -0.39 is 11.9 Å². The molecule has 1 N–H and O–H groups in total. The molecular weight excluding hydrogens is 578 g/mol. The van der Waals surface area contributed by atoms with Crippen LogP contribution in [0.15, 0.2) is 77.3 Å². The minimum atomic E-state index is -0.740. The van der Waals surface area contributed by atoms with Gasteiger partial charge in [-0.3, -0.25) is 4.79 Å². The Kier molecular flexibility index (Phi) is 7.28. The number of nitrogens with zero attached hydrogens (tertiary/aromatic N) is 3. The molecule has 2 heterocycles. The maximum atomic E-state index is 12.2. The number of pyridine rings is 1. The number of imidazole rings is 1. The number of hydrogen-bond donors (Lipinski definition) is 1. The van der Waals surface area contributed by atoms with Crippen LogP contribution in [0, 0.1) is 5.92 Å². The van der Waals surface area contributed by atoms with Crippen LogP contribution in [0.1, 0.15) is 48.7 Å². The molecule has 198 valence electrons. The molecular formula is C31H27BrClN3O3. The van der Waals surface area contributed by atoms with E-state index in [-0.39, 0.29) is 5.92 Å². The molecule has 6 nitrogen and oxygen atoms in total. The smallest absolute Gasteiger partial charge is 0.307 e. The molecule has 0 radical (unpaired) electrons. The summed E-state index contributed by atoms with van der Waals surface area (Å²) >= 11 is 9.60. The highest BCUT2D eigenvalue weighted by molar-refractivity contribution is 9.10. The summed E-state index contributed by atoms with van der Waals surface area (Å²) in [4.78, 5) is 21.9. The number of benzene rings is 3. The number of aromatic nitrogens is 3. The van der Waals surface area contributed by atoms with Gasteiger partial charge in [-0.05, 0) is 66.9 Å². The fourth-order valence-electron chi connectivity index (χ4n) is 5.55. The van der Waals surface area contributed by atoms with Crippen LogP contribution < -0.4 is 4.74 Å². The number of fused-ring (bicyclic) bond motifs is 2. The number of hydrogen-bond acceptors (Lipinski definition) is 4. The summed E-state index contributed by atoms with van der Waals surface area (Å²) in [7, 11) is 0. The molecule has 0 spiro atoms. The van der Waals surface area contributed by atoms with E-state index in [1.54, 1.807) is 0 Å².